The summed E-state index contributed by atoms with van der Waals surface area (Å²) >= 11 is 6.30. The van der Waals surface area contributed by atoms with Gasteiger partial charge in [0.25, 0.3) is 0 Å². The van der Waals surface area contributed by atoms with E-state index >= 15 is 0 Å². The van der Waals surface area contributed by atoms with Crippen LogP contribution in [0.5, 0.6) is 0 Å². The molecule has 5 aromatic carbocycles. The largest absolute Gasteiger partial charge is 0.335 e. The minimum absolute atomic E-state index is 0.504. The van der Waals surface area contributed by atoms with Gasteiger partial charge in [-0.15, -0.1) is 4.81 Å². The first kappa shape index (κ1) is 23.7. The zero-order valence-electron chi connectivity index (χ0n) is 21.0. The smallest absolute Gasteiger partial charge is 0.225 e. The van der Waals surface area contributed by atoms with Crippen molar-refractivity contribution in [3.05, 3.63) is 173 Å². The van der Waals surface area contributed by atoms with Crippen LogP contribution in [0.1, 0.15) is 22.9 Å². The molecule has 39 heavy (non-hydrogen) atoms. The molecule has 0 bridgehead atoms. The van der Waals surface area contributed by atoms with E-state index in [-0.39, 0.29) is 0 Å². The van der Waals surface area contributed by atoms with Gasteiger partial charge in [-0.2, -0.15) is 10.5 Å². The molecule has 0 unspecified atom stereocenters. The van der Waals surface area contributed by atoms with Crippen LogP contribution in [0.25, 0.3) is 5.43 Å². The molecule has 0 N–H and O–H groups in total. The Labute approximate surface area is 232 Å². The van der Waals surface area contributed by atoms with Gasteiger partial charge in [-0.05, 0) is 35.4 Å². The lowest BCUT2D eigenvalue weighted by Crippen LogP contribution is -2.50. The van der Waals surface area contributed by atoms with Crippen LogP contribution in [-0.4, -0.2) is 4.81 Å². The van der Waals surface area contributed by atoms with Crippen molar-refractivity contribution in [2.75, 3.05) is 4.90 Å². The molecule has 0 spiro atoms. The predicted octanol–water partition coefficient (Wildman–Crippen LogP) is 8.68. The number of para-hydroxylation sites is 2. The fraction of sp³-hybridized carbons (Fsp3) is 0.0909. The van der Waals surface area contributed by atoms with Gasteiger partial charge in [-0.3, -0.25) is 0 Å². The third-order valence-corrected chi connectivity index (χ3v) is 7.58. The highest BCUT2D eigenvalue weighted by Gasteiger charge is 2.68. The van der Waals surface area contributed by atoms with E-state index in [4.69, 9.17) is 26.9 Å². The summed E-state index contributed by atoms with van der Waals surface area (Å²) in [6.07, 6.45) is -0.504. The van der Waals surface area contributed by atoms with Gasteiger partial charge in [0.2, 0.25) is 5.69 Å². The lowest BCUT2D eigenvalue weighted by atomic mass is 9.83. The van der Waals surface area contributed by atoms with Crippen LogP contribution >= 0.6 is 11.6 Å². The van der Waals surface area contributed by atoms with Gasteiger partial charge in [0.1, 0.15) is 0 Å². The summed E-state index contributed by atoms with van der Waals surface area (Å²) in [7, 11) is 0. The Kier molecular flexibility index (Phi) is 5.69. The van der Waals surface area contributed by atoms with Gasteiger partial charge in [0, 0.05) is 28.4 Å². The van der Waals surface area contributed by atoms with Crippen molar-refractivity contribution in [1.29, 1.82) is 0 Å². The molecule has 0 amide bonds. The first-order chi connectivity index (χ1) is 19.2. The highest BCUT2D eigenvalue weighted by molar-refractivity contribution is 6.30. The Bertz CT molecular complexity index is 1620. The zero-order chi connectivity index (χ0) is 26.3. The molecule has 0 aliphatic carbocycles. The van der Waals surface area contributed by atoms with E-state index in [2.05, 4.69) is 41.3 Å². The van der Waals surface area contributed by atoms with Crippen molar-refractivity contribution >= 4 is 23.0 Å². The Morgan fingerprint density at radius 3 is 1.82 bits per heavy atom. The summed E-state index contributed by atoms with van der Waals surface area (Å²) < 4.78 is 7.24. The predicted molar refractivity (Wildman–Crippen MR) is 153 cm³/mol. The maximum Gasteiger partial charge on any atom is 0.225 e. The molecule has 190 valence electrons. The average Bonchev–Trinajstić information content (AvgIpc) is 3.50. The van der Waals surface area contributed by atoms with Gasteiger partial charge in [-0.25, -0.2) is 0 Å². The molecule has 3 atom stereocenters. The number of azo groups is 1. The van der Waals surface area contributed by atoms with Crippen LogP contribution in [0.15, 0.2) is 151 Å². The van der Waals surface area contributed by atoms with E-state index in [0.29, 0.717) is 5.02 Å². The lowest BCUT2D eigenvalue weighted by molar-refractivity contribution is -0.462. The second kappa shape index (κ2) is 9.38. The zero-order valence-corrected chi connectivity index (χ0v) is 21.8. The first-order valence-corrected chi connectivity index (χ1v) is 13.3. The van der Waals surface area contributed by atoms with Gasteiger partial charge < -0.3 is 9.64 Å². The number of fused-ring (bicyclic) bond motifs is 1. The standard InChI is InChI=1S/C33H25ClN4O/c34-28-23-21-25(22-24-28)31-37(29-17-9-3-10-18-29)32(26-13-5-1-6-14-26)33(39-31,27-15-7-2-8-16-27)36-38(35-32)30-19-11-4-12-20-30/h1-24,31H/t31-,32-,33+/m0/s1. The fourth-order valence-corrected chi connectivity index (χ4v) is 5.74. The molecular weight excluding hydrogens is 504 g/mol. The van der Waals surface area contributed by atoms with Crippen LogP contribution in [0, 0.1) is 0 Å². The van der Waals surface area contributed by atoms with Crippen molar-refractivity contribution in [2.45, 2.75) is 17.6 Å². The normalized spacial score (nSPS) is 23.7. The number of rotatable bonds is 5. The molecule has 5 nitrogen and oxygen atoms in total. The van der Waals surface area contributed by atoms with E-state index in [0.717, 1.165) is 28.1 Å². The molecule has 0 aromatic heterocycles. The van der Waals surface area contributed by atoms with Crippen LogP contribution < -0.4 is 4.90 Å². The van der Waals surface area contributed by atoms with E-state index in [1.54, 1.807) is 4.81 Å². The third-order valence-electron chi connectivity index (χ3n) is 7.33. The van der Waals surface area contributed by atoms with Crippen molar-refractivity contribution < 1.29 is 9.54 Å². The van der Waals surface area contributed by atoms with Crippen LogP contribution in [0.2, 0.25) is 5.02 Å². The Morgan fingerprint density at radius 1 is 0.667 bits per heavy atom. The number of halogens is 1. The molecule has 6 heteroatoms. The summed E-state index contributed by atoms with van der Waals surface area (Å²) in [5.41, 5.74) is 7.85. The number of anilines is 1. The van der Waals surface area contributed by atoms with E-state index in [1.165, 1.54) is 0 Å². The van der Waals surface area contributed by atoms with E-state index in [1.807, 2.05) is 109 Å². The molecule has 1 fully saturated rings. The SMILES string of the molecule is Clc1ccc([C@@H]2O[C@@]3(c4ccccc4)N=[N+](c4ccccc4)[N-][C@@]3(c3ccccc3)N2c2ccccc2)cc1. The molecule has 0 saturated carbocycles. The first-order valence-electron chi connectivity index (χ1n) is 12.9. The average molecular weight is 529 g/mol. The van der Waals surface area contributed by atoms with Gasteiger partial charge >= 0.3 is 0 Å². The lowest BCUT2D eigenvalue weighted by Gasteiger charge is -2.44. The molecule has 5 aromatic rings. The quantitative estimate of drug-likeness (QED) is 0.214. The topological polar surface area (TPSA) is 41.9 Å². The molecule has 2 aliphatic heterocycles. The maximum absolute atomic E-state index is 7.24. The second-order valence-electron chi connectivity index (χ2n) is 9.60. The second-order valence-corrected chi connectivity index (χ2v) is 10.0. The Hall–Kier alpha value is -4.45. The fourth-order valence-electron chi connectivity index (χ4n) is 5.62. The molecular formula is C33H25ClN4O. The summed E-state index contributed by atoms with van der Waals surface area (Å²) in [6, 6.07) is 48.6. The monoisotopic (exact) mass is 528 g/mol. The van der Waals surface area contributed by atoms with Gasteiger partial charge in [0.05, 0.1) is 0 Å². The van der Waals surface area contributed by atoms with E-state index < -0.39 is 17.6 Å². The number of nitrogens with zero attached hydrogens (tertiary/aromatic N) is 4. The van der Waals surface area contributed by atoms with Crippen molar-refractivity contribution in [3.8, 4) is 0 Å². The summed E-state index contributed by atoms with van der Waals surface area (Å²) in [5.74, 6) is 0. The van der Waals surface area contributed by atoms with Gasteiger partial charge in [0.15, 0.2) is 17.6 Å². The van der Waals surface area contributed by atoms with Crippen molar-refractivity contribution in [1.82, 2.24) is 0 Å². The third kappa shape index (κ3) is 3.66. The van der Waals surface area contributed by atoms with Crippen LogP contribution in [0.4, 0.5) is 11.4 Å². The number of hydrogen-bond acceptors (Lipinski definition) is 3. The van der Waals surface area contributed by atoms with E-state index in [9.17, 15) is 0 Å². The maximum atomic E-state index is 7.24. The van der Waals surface area contributed by atoms with Crippen molar-refractivity contribution in [3.63, 3.8) is 0 Å². The number of hydrogen-bond donors (Lipinski definition) is 0. The molecule has 0 radical (unpaired) electrons. The molecule has 2 aliphatic rings. The summed E-state index contributed by atoms with van der Waals surface area (Å²) in [4.78, 5) is 3.99. The summed E-state index contributed by atoms with van der Waals surface area (Å²) in [6.45, 7) is 0. The number of benzene rings is 5. The molecule has 7 rings (SSSR count). The number of ether oxygens (including phenoxy) is 1. The highest BCUT2D eigenvalue weighted by atomic mass is 35.5. The minimum atomic E-state index is -1.20. The highest BCUT2D eigenvalue weighted by Crippen LogP contribution is 2.66. The van der Waals surface area contributed by atoms with Gasteiger partial charge in [-0.1, -0.05) is 121 Å². The van der Waals surface area contributed by atoms with Crippen molar-refractivity contribution in [2.24, 2.45) is 5.11 Å². The molecule has 1 saturated heterocycles. The molecule has 2 heterocycles. The van der Waals surface area contributed by atoms with Crippen LogP contribution in [0.3, 0.4) is 0 Å². The minimum Gasteiger partial charge on any atom is -0.335 e. The Morgan fingerprint density at radius 2 is 1.21 bits per heavy atom. The van der Waals surface area contributed by atoms with Crippen LogP contribution in [-0.2, 0) is 16.1 Å². The Balaban J connectivity index is 1.57. The summed E-state index contributed by atoms with van der Waals surface area (Å²) in [5, 5.41) is 5.99.